The quantitative estimate of drug-likeness (QED) is 0.586. The molecule has 84 valence electrons. The van der Waals surface area contributed by atoms with Crippen LogP contribution in [-0.4, -0.2) is 9.55 Å². The topological polar surface area (TPSA) is 107 Å². The third-order valence-corrected chi connectivity index (χ3v) is 2.23. The molecular weight excluding hydrogens is 196 g/mol. The lowest BCUT2D eigenvalue weighted by atomic mass is 10.2. The summed E-state index contributed by atoms with van der Waals surface area (Å²) in [4.78, 5) is 25.9. The molecule has 1 rings (SSSR count). The highest BCUT2D eigenvalue weighted by Crippen LogP contribution is 1.95. The summed E-state index contributed by atoms with van der Waals surface area (Å²) >= 11 is 0. The lowest BCUT2D eigenvalue weighted by Crippen LogP contribution is -2.39. The van der Waals surface area contributed by atoms with Crippen LogP contribution in [0.25, 0.3) is 0 Å². The van der Waals surface area contributed by atoms with E-state index in [1.165, 1.54) is 0 Å². The van der Waals surface area contributed by atoms with Gasteiger partial charge in [-0.05, 0) is 6.42 Å². The third kappa shape index (κ3) is 2.16. The molecule has 0 aliphatic carbocycles. The van der Waals surface area contributed by atoms with Crippen molar-refractivity contribution in [3.63, 3.8) is 0 Å². The number of hydrogen-bond acceptors (Lipinski definition) is 4. The molecule has 1 aromatic heterocycles. The lowest BCUT2D eigenvalue weighted by molar-refractivity contribution is 0.599. The molecule has 0 aliphatic heterocycles. The number of aromatic amines is 1. The minimum absolute atomic E-state index is 0.0891. The molecule has 0 saturated heterocycles. The predicted octanol–water partition coefficient (Wildman–Crippen LogP) is -1.14. The van der Waals surface area contributed by atoms with Crippen molar-refractivity contribution < 1.29 is 0 Å². The summed E-state index contributed by atoms with van der Waals surface area (Å²) < 4.78 is 1.15. The fourth-order valence-electron chi connectivity index (χ4n) is 1.47. The van der Waals surface area contributed by atoms with E-state index in [0.717, 1.165) is 11.0 Å². The first-order valence-corrected chi connectivity index (χ1v) is 4.90. The predicted molar refractivity (Wildman–Crippen MR) is 57.4 cm³/mol. The maximum Gasteiger partial charge on any atom is 0.328 e. The Labute approximate surface area is 86.9 Å². The van der Waals surface area contributed by atoms with Crippen molar-refractivity contribution in [3.05, 3.63) is 32.1 Å². The molecule has 0 amide bonds. The summed E-state index contributed by atoms with van der Waals surface area (Å²) in [6.45, 7) is 2.49. The maximum absolute atomic E-state index is 11.8. The molecule has 0 atom stereocenters. The summed E-state index contributed by atoms with van der Waals surface area (Å²) in [5, 5.41) is 0. The highest BCUT2D eigenvalue weighted by molar-refractivity contribution is 5.16. The van der Waals surface area contributed by atoms with Gasteiger partial charge in [0.05, 0.1) is 5.56 Å². The zero-order chi connectivity index (χ0) is 11.4. The summed E-state index contributed by atoms with van der Waals surface area (Å²) in [5.74, 6) is 0. The highest BCUT2D eigenvalue weighted by Gasteiger charge is 2.10. The second kappa shape index (κ2) is 4.90. The first-order chi connectivity index (χ1) is 7.15. The molecule has 15 heavy (non-hydrogen) atoms. The van der Waals surface area contributed by atoms with Crippen LogP contribution < -0.4 is 22.7 Å². The van der Waals surface area contributed by atoms with Crippen molar-refractivity contribution in [1.29, 1.82) is 0 Å². The minimum atomic E-state index is -0.417. The Kier molecular flexibility index (Phi) is 3.81. The Balaban J connectivity index is 3.45. The Morgan fingerprint density at radius 1 is 1.27 bits per heavy atom. The zero-order valence-electron chi connectivity index (χ0n) is 8.75. The second-order valence-corrected chi connectivity index (χ2v) is 3.25. The molecule has 0 bridgehead atoms. The molecule has 0 spiro atoms. The SMILES string of the molecule is CCCn1c(=O)[nH]c(CN)c(CN)c1=O. The molecule has 0 unspecified atom stereocenters. The fourth-order valence-corrected chi connectivity index (χ4v) is 1.47. The van der Waals surface area contributed by atoms with E-state index in [1.54, 1.807) is 0 Å². The van der Waals surface area contributed by atoms with Gasteiger partial charge < -0.3 is 16.5 Å². The van der Waals surface area contributed by atoms with E-state index < -0.39 is 5.69 Å². The van der Waals surface area contributed by atoms with Gasteiger partial charge in [0.25, 0.3) is 5.56 Å². The van der Waals surface area contributed by atoms with Crippen molar-refractivity contribution in [2.24, 2.45) is 11.5 Å². The molecule has 0 radical (unpaired) electrons. The average molecular weight is 212 g/mol. The molecule has 0 fully saturated rings. The van der Waals surface area contributed by atoms with Gasteiger partial charge in [0, 0.05) is 25.3 Å². The van der Waals surface area contributed by atoms with Crippen LogP contribution in [0.2, 0.25) is 0 Å². The van der Waals surface area contributed by atoms with Crippen LogP contribution in [0.3, 0.4) is 0 Å². The van der Waals surface area contributed by atoms with E-state index in [4.69, 9.17) is 11.5 Å². The van der Waals surface area contributed by atoms with Crippen LogP contribution >= 0.6 is 0 Å². The number of nitrogens with zero attached hydrogens (tertiary/aromatic N) is 1. The van der Waals surface area contributed by atoms with Gasteiger partial charge in [-0.3, -0.25) is 9.36 Å². The van der Waals surface area contributed by atoms with E-state index >= 15 is 0 Å². The molecule has 6 nitrogen and oxygen atoms in total. The van der Waals surface area contributed by atoms with E-state index in [2.05, 4.69) is 4.98 Å². The molecule has 1 aromatic rings. The molecule has 0 aliphatic rings. The number of nitrogens with two attached hydrogens (primary N) is 2. The van der Waals surface area contributed by atoms with E-state index in [9.17, 15) is 9.59 Å². The van der Waals surface area contributed by atoms with E-state index in [0.29, 0.717) is 17.8 Å². The van der Waals surface area contributed by atoms with Crippen LogP contribution in [0.5, 0.6) is 0 Å². The minimum Gasteiger partial charge on any atom is -0.326 e. The van der Waals surface area contributed by atoms with Gasteiger partial charge >= 0.3 is 5.69 Å². The molecule has 5 N–H and O–H groups in total. The number of hydrogen-bond donors (Lipinski definition) is 3. The molecule has 0 saturated carbocycles. The Bertz CT molecular complexity index is 446. The molecular formula is C9H16N4O2. The standard InChI is InChI=1S/C9H16N4O2/c1-2-3-13-8(14)6(4-10)7(5-11)12-9(13)15/h2-5,10-11H2,1H3,(H,12,15). The smallest absolute Gasteiger partial charge is 0.326 e. The molecule has 6 heteroatoms. The third-order valence-electron chi connectivity index (χ3n) is 2.23. The second-order valence-electron chi connectivity index (χ2n) is 3.25. The van der Waals surface area contributed by atoms with Gasteiger partial charge in [0.2, 0.25) is 0 Å². The number of rotatable bonds is 4. The van der Waals surface area contributed by atoms with Crippen LogP contribution in [0, 0.1) is 0 Å². The Morgan fingerprint density at radius 2 is 1.93 bits per heavy atom. The average Bonchev–Trinajstić information content (AvgIpc) is 2.23. The van der Waals surface area contributed by atoms with Gasteiger partial charge in [-0.1, -0.05) is 6.92 Å². The van der Waals surface area contributed by atoms with Crippen LogP contribution in [-0.2, 0) is 19.6 Å². The van der Waals surface area contributed by atoms with Crippen molar-refractivity contribution >= 4 is 0 Å². The van der Waals surface area contributed by atoms with Crippen LogP contribution in [0.4, 0.5) is 0 Å². The summed E-state index contributed by atoms with van der Waals surface area (Å²) in [6.07, 6.45) is 0.717. The Hall–Kier alpha value is -1.40. The molecule has 0 aromatic carbocycles. The van der Waals surface area contributed by atoms with Crippen LogP contribution in [0.15, 0.2) is 9.59 Å². The number of H-pyrrole nitrogens is 1. The summed E-state index contributed by atoms with van der Waals surface area (Å²) in [6, 6.07) is 0. The highest BCUT2D eigenvalue weighted by atomic mass is 16.2. The normalized spacial score (nSPS) is 10.6. The summed E-state index contributed by atoms with van der Waals surface area (Å²) in [7, 11) is 0. The van der Waals surface area contributed by atoms with Gasteiger partial charge in [-0.2, -0.15) is 0 Å². The van der Waals surface area contributed by atoms with Crippen molar-refractivity contribution in [1.82, 2.24) is 9.55 Å². The van der Waals surface area contributed by atoms with Crippen molar-refractivity contribution in [3.8, 4) is 0 Å². The zero-order valence-corrected chi connectivity index (χ0v) is 8.75. The lowest BCUT2D eigenvalue weighted by Gasteiger charge is -2.08. The Morgan fingerprint density at radius 3 is 2.40 bits per heavy atom. The van der Waals surface area contributed by atoms with Gasteiger partial charge in [0.1, 0.15) is 0 Å². The van der Waals surface area contributed by atoms with Gasteiger partial charge in [-0.25, -0.2) is 4.79 Å². The summed E-state index contributed by atoms with van der Waals surface area (Å²) in [5.41, 5.74) is 10.9. The van der Waals surface area contributed by atoms with Crippen molar-refractivity contribution in [2.75, 3.05) is 0 Å². The maximum atomic E-state index is 11.8. The largest absolute Gasteiger partial charge is 0.328 e. The van der Waals surface area contributed by atoms with Gasteiger partial charge in [0.15, 0.2) is 0 Å². The van der Waals surface area contributed by atoms with E-state index in [-0.39, 0.29) is 18.6 Å². The number of aromatic nitrogens is 2. The monoisotopic (exact) mass is 212 g/mol. The first kappa shape index (κ1) is 11.7. The first-order valence-electron chi connectivity index (χ1n) is 4.90. The van der Waals surface area contributed by atoms with Crippen LogP contribution in [0.1, 0.15) is 24.6 Å². The van der Waals surface area contributed by atoms with E-state index in [1.807, 2.05) is 6.92 Å². The van der Waals surface area contributed by atoms with Gasteiger partial charge in [-0.15, -0.1) is 0 Å². The fraction of sp³-hybridized carbons (Fsp3) is 0.556. The number of nitrogens with one attached hydrogen (secondary N) is 1. The van der Waals surface area contributed by atoms with Crippen molar-refractivity contribution in [2.45, 2.75) is 33.0 Å². The molecule has 1 heterocycles.